The smallest absolute Gasteiger partial charge is 0.416 e. The Hall–Kier alpha value is -2.35. The zero-order valence-electron chi connectivity index (χ0n) is 13.3. The number of ether oxygens (including phenoxy) is 1. The van der Waals surface area contributed by atoms with Gasteiger partial charge in [-0.15, -0.1) is 6.58 Å². The van der Waals surface area contributed by atoms with Gasteiger partial charge in [-0.3, -0.25) is 4.79 Å². The maximum Gasteiger partial charge on any atom is 0.416 e. The topological polar surface area (TPSA) is 75.6 Å². The minimum atomic E-state index is -4.51. The molecule has 1 fully saturated rings. The van der Waals surface area contributed by atoms with Crippen LogP contribution in [-0.4, -0.2) is 36.2 Å². The van der Waals surface area contributed by atoms with Gasteiger partial charge < -0.3 is 15.2 Å². The Morgan fingerprint density at radius 3 is 2.60 bits per heavy atom. The molecule has 1 amide bonds. The van der Waals surface area contributed by atoms with Crippen molar-refractivity contribution in [1.82, 2.24) is 5.32 Å². The number of carbonyl (C=O) groups is 2. The van der Waals surface area contributed by atoms with Crippen LogP contribution in [0.1, 0.15) is 24.0 Å². The highest BCUT2D eigenvalue weighted by molar-refractivity contribution is 5.94. The summed E-state index contributed by atoms with van der Waals surface area (Å²) in [6.45, 7) is 3.29. The summed E-state index contributed by atoms with van der Waals surface area (Å²) in [5.74, 6) is -1.89. The maximum atomic E-state index is 12.9. The number of nitrogens with one attached hydrogen (secondary N) is 1. The lowest BCUT2D eigenvalue weighted by molar-refractivity contribution is -0.143. The summed E-state index contributed by atoms with van der Waals surface area (Å²) in [7, 11) is 0. The third-order valence-electron chi connectivity index (χ3n) is 4.05. The van der Waals surface area contributed by atoms with Crippen LogP contribution in [0, 0.1) is 0 Å². The molecule has 0 radical (unpaired) electrons. The second-order valence-corrected chi connectivity index (χ2v) is 5.85. The number of rotatable bonds is 8. The highest BCUT2D eigenvalue weighted by Crippen LogP contribution is 2.49. The van der Waals surface area contributed by atoms with Crippen molar-refractivity contribution in [3.63, 3.8) is 0 Å². The molecule has 136 valence electrons. The van der Waals surface area contributed by atoms with Crippen molar-refractivity contribution < 1.29 is 32.6 Å². The molecule has 1 aromatic carbocycles. The van der Waals surface area contributed by atoms with E-state index in [1.54, 1.807) is 0 Å². The molecule has 2 rings (SSSR count). The van der Waals surface area contributed by atoms with Crippen molar-refractivity contribution in [2.45, 2.75) is 30.5 Å². The van der Waals surface area contributed by atoms with Crippen LogP contribution in [0.3, 0.4) is 0 Å². The van der Waals surface area contributed by atoms with E-state index in [1.807, 2.05) is 0 Å². The minimum Gasteiger partial charge on any atom is -0.480 e. The van der Waals surface area contributed by atoms with Gasteiger partial charge in [-0.2, -0.15) is 13.2 Å². The van der Waals surface area contributed by atoms with Crippen molar-refractivity contribution in [3.8, 4) is 0 Å². The van der Waals surface area contributed by atoms with Gasteiger partial charge >= 0.3 is 12.1 Å². The number of alkyl halides is 3. The number of carboxylic acid groups (broad SMARTS) is 1. The van der Waals surface area contributed by atoms with E-state index in [-0.39, 0.29) is 18.8 Å². The summed E-state index contributed by atoms with van der Waals surface area (Å²) in [4.78, 5) is 23.7. The molecule has 1 atom stereocenters. The molecule has 0 spiro atoms. The van der Waals surface area contributed by atoms with Crippen LogP contribution in [0.4, 0.5) is 13.2 Å². The fourth-order valence-corrected chi connectivity index (χ4v) is 2.51. The molecule has 1 unspecified atom stereocenters. The van der Waals surface area contributed by atoms with Gasteiger partial charge in [-0.25, -0.2) is 4.79 Å². The Kier molecular flexibility index (Phi) is 5.52. The maximum absolute atomic E-state index is 12.9. The Labute approximate surface area is 142 Å². The number of hydrogen-bond donors (Lipinski definition) is 2. The summed E-state index contributed by atoms with van der Waals surface area (Å²) in [6.07, 6.45) is -2.35. The van der Waals surface area contributed by atoms with Crippen LogP contribution < -0.4 is 5.32 Å². The summed E-state index contributed by atoms with van der Waals surface area (Å²) in [5, 5.41) is 11.5. The third kappa shape index (κ3) is 4.39. The Morgan fingerprint density at radius 2 is 2.08 bits per heavy atom. The zero-order chi connectivity index (χ0) is 18.7. The van der Waals surface area contributed by atoms with Crippen LogP contribution in [0.15, 0.2) is 36.9 Å². The lowest BCUT2D eigenvalue weighted by atomic mass is 9.93. The van der Waals surface area contributed by atoms with Gasteiger partial charge in [0.25, 0.3) is 0 Å². The van der Waals surface area contributed by atoms with E-state index in [0.29, 0.717) is 12.8 Å². The first kappa shape index (κ1) is 19.0. The SMILES string of the molecule is C=CCOCC(NC(=O)C1(c2cccc(C(F)(F)F)c2)CC1)C(=O)O. The summed E-state index contributed by atoms with van der Waals surface area (Å²) >= 11 is 0. The van der Waals surface area contributed by atoms with Gasteiger partial charge in [0.15, 0.2) is 6.04 Å². The fraction of sp³-hybridized carbons (Fsp3) is 0.412. The highest BCUT2D eigenvalue weighted by atomic mass is 19.4. The molecule has 1 aliphatic rings. The van der Waals surface area contributed by atoms with Crippen molar-refractivity contribution in [1.29, 1.82) is 0 Å². The largest absolute Gasteiger partial charge is 0.480 e. The van der Waals surface area contributed by atoms with Gasteiger partial charge in [0.2, 0.25) is 5.91 Å². The average Bonchev–Trinajstić information content (AvgIpc) is 3.35. The number of carbonyl (C=O) groups excluding carboxylic acids is 1. The number of amides is 1. The van der Waals surface area contributed by atoms with E-state index in [0.717, 1.165) is 12.1 Å². The first-order valence-electron chi connectivity index (χ1n) is 7.61. The molecule has 1 aromatic rings. The second-order valence-electron chi connectivity index (χ2n) is 5.85. The third-order valence-corrected chi connectivity index (χ3v) is 4.05. The van der Waals surface area contributed by atoms with Crippen LogP contribution in [0.5, 0.6) is 0 Å². The van der Waals surface area contributed by atoms with Crippen LogP contribution >= 0.6 is 0 Å². The first-order valence-corrected chi connectivity index (χ1v) is 7.61. The molecule has 2 N–H and O–H groups in total. The normalized spacial score (nSPS) is 16.8. The van der Waals surface area contributed by atoms with Crippen molar-refractivity contribution >= 4 is 11.9 Å². The molecule has 1 saturated carbocycles. The first-order chi connectivity index (χ1) is 11.7. The van der Waals surface area contributed by atoms with Crippen LogP contribution in [0.25, 0.3) is 0 Å². The van der Waals surface area contributed by atoms with Crippen LogP contribution in [0.2, 0.25) is 0 Å². The lowest BCUT2D eigenvalue weighted by Gasteiger charge is -2.21. The number of aliphatic carboxylic acids is 1. The Balaban J connectivity index is 2.15. The molecular weight excluding hydrogens is 339 g/mol. The second kappa shape index (κ2) is 7.26. The molecule has 25 heavy (non-hydrogen) atoms. The summed E-state index contributed by atoms with van der Waals surface area (Å²) < 4.78 is 43.6. The quantitative estimate of drug-likeness (QED) is 0.554. The average molecular weight is 357 g/mol. The van der Waals surface area contributed by atoms with Crippen molar-refractivity contribution in [2.24, 2.45) is 0 Å². The van der Waals surface area contributed by atoms with Crippen LogP contribution in [-0.2, 0) is 25.9 Å². The molecule has 0 heterocycles. The van der Waals surface area contributed by atoms with E-state index in [9.17, 15) is 22.8 Å². The predicted octanol–water partition coefficient (Wildman–Crippen LogP) is 2.51. The monoisotopic (exact) mass is 357 g/mol. The number of benzene rings is 1. The molecule has 1 aliphatic carbocycles. The molecular formula is C17H18F3NO4. The number of carboxylic acids is 1. The summed E-state index contributed by atoms with van der Waals surface area (Å²) in [5.41, 5.74) is -1.72. The molecule has 5 nitrogen and oxygen atoms in total. The van der Waals surface area contributed by atoms with Crippen molar-refractivity contribution in [2.75, 3.05) is 13.2 Å². The fourth-order valence-electron chi connectivity index (χ4n) is 2.51. The Bertz CT molecular complexity index is 668. The standard InChI is InChI=1S/C17H18F3NO4/c1-2-8-25-10-13(14(22)23)21-15(24)16(6-7-16)11-4-3-5-12(9-11)17(18,19)20/h2-5,9,13H,1,6-8,10H2,(H,21,24)(H,22,23). The van der Waals surface area contributed by atoms with E-state index < -0.39 is 35.1 Å². The molecule has 0 bridgehead atoms. The molecule has 8 heteroatoms. The van der Waals surface area contributed by atoms with Gasteiger partial charge in [0.1, 0.15) is 0 Å². The van der Waals surface area contributed by atoms with Gasteiger partial charge in [0.05, 0.1) is 24.2 Å². The zero-order valence-corrected chi connectivity index (χ0v) is 13.3. The predicted molar refractivity (Wildman–Crippen MR) is 82.9 cm³/mol. The molecule has 0 aliphatic heterocycles. The minimum absolute atomic E-state index is 0.123. The van der Waals surface area contributed by atoms with Gasteiger partial charge in [0, 0.05) is 0 Å². The van der Waals surface area contributed by atoms with E-state index in [4.69, 9.17) is 9.84 Å². The Morgan fingerprint density at radius 1 is 1.40 bits per heavy atom. The van der Waals surface area contributed by atoms with Gasteiger partial charge in [-0.05, 0) is 24.5 Å². The van der Waals surface area contributed by atoms with Gasteiger partial charge in [-0.1, -0.05) is 24.3 Å². The highest BCUT2D eigenvalue weighted by Gasteiger charge is 2.52. The summed E-state index contributed by atoms with van der Waals surface area (Å²) in [6, 6.07) is 3.28. The van der Waals surface area contributed by atoms with Crippen molar-refractivity contribution in [3.05, 3.63) is 48.0 Å². The molecule has 0 saturated heterocycles. The van der Waals surface area contributed by atoms with E-state index in [1.165, 1.54) is 18.2 Å². The number of hydrogen-bond acceptors (Lipinski definition) is 3. The molecule has 0 aromatic heterocycles. The lowest BCUT2D eigenvalue weighted by Crippen LogP contribution is -2.48. The van der Waals surface area contributed by atoms with E-state index in [2.05, 4.69) is 11.9 Å². The van der Waals surface area contributed by atoms with E-state index >= 15 is 0 Å². The number of halogens is 3.